The minimum absolute atomic E-state index is 0.0631. The highest BCUT2D eigenvalue weighted by Crippen LogP contribution is 2.29. The quantitative estimate of drug-likeness (QED) is 0.0493. The second-order valence-corrected chi connectivity index (χ2v) is 23.5. The van der Waals surface area contributed by atoms with Crippen LogP contribution in [0, 0.1) is 11.8 Å². The van der Waals surface area contributed by atoms with Gasteiger partial charge in [-0.2, -0.15) is 0 Å². The van der Waals surface area contributed by atoms with E-state index in [-0.39, 0.29) is 32.1 Å². The number of hydrogen-bond acceptors (Lipinski definition) is 9. The van der Waals surface area contributed by atoms with Gasteiger partial charge >= 0.3 is 0 Å². The molecule has 452 valence electrons. The van der Waals surface area contributed by atoms with E-state index in [1.807, 2.05) is 190 Å². The number of rotatable bonds is 28. The predicted molar refractivity (Wildman–Crippen MR) is 323 cm³/mol. The minimum Gasteiger partial charge on any atom is -0.368 e. The Labute approximate surface area is 501 Å². The summed E-state index contributed by atoms with van der Waals surface area (Å²) < 4.78 is 7.46. The number of nitrogens with zero attached hydrogens (tertiary/aromatic N) is 11. The lowest BCUT2D eigenvalue weighted by Gasteiger charge is -2.36. The summed E-state index contributed by atoms with van der Waals surface area (Å²) in [5.74, 6) is -2.02. The Morgan fingerprint density at radius 2 is 0.824 bits per heavy atom. The summed E-state index contributed by atoms with van der Waals surface area (Å²) >= 11 is 0. The molecule has 0 aliphatic heterocycles. The largest absolute Gasteiger partial charge is 0.368 e. The highest BCUT2D eigenvalue weighted by atomic mass is 16.2. The number of carbonyl (C=O) groups excluding carboxylic acids is 6. The standard InChI is InChI=1S/C66H88N13O6/c1-49(55-29-17-9-18-30-55)76(44-61(67)80)65(84)48-79(52(4)58-35-23-12-24-36-58)64(83)45-73(41-60-43-75(70-72(60)6)40-54-27-15-8-16-28-54)63(82)46-78(51(3)57-33-21-11-22-34-57)66(85)47-77(50(2)56-31-19-10-20-32-56)62(81)38-68-37-59-42-74(69-71(59)5)39-53-25-13-7-14-26-53/h9-12,17-24,29-36,42-43,49-54,68H,7-8,13-16,25-28,37-41,44-48H2,1-6H3,(H-,67,80)/q+1/p+1/t49-,50-,51-,52-/m1/s1. The highest BCUT2D eigenvalue weighted by molar-refractivity contribution is 5.92. The number of nitrogens with one attached hydrogen (secondary N) is 1. The van der Waals surface area contributed by atoms with Crippen LogP contribution >= 0.6 is 0 Å². The number of primary amides is 1. The number of hydrogen-bond donors (Lipinski definition) is 2. The van der Waals surface area contributed by atoms with Crippen molar-refractivity contribution in [3.05, 3.63) is 167 Å². The van der Waals surface area contributed by atoms with Gasteiger partial charge in [0.2, 0.25) is 35.4 Å². The van der Waals surface area contributed by atoms with Crippen molar-refractivity contribution in [2.45, 2.75) is 142 Å². The smallest absolute Gasteiger partial charge is 0.243 e. The zero-order valence-corrected chi connectivity index (χ0v) is 50.8. The number of nitrogens with two attached hydrogens (primary N) is 1. The van der Waals surface area contributed by atoms with Gasteiger partial charge in [0.15, 0.2) is 23.8 Å². The van der Waals surface area contributed by atoms with Crippen LogP contribution in [0.1, 0.15) is 150 Å². The molecule has 4 atom stereocenters. The van der Waals surface area contributed by atoms with E-state index >= 15 is 14.4 Å². The molecule has 2 fully saturated rings. The molecule has 4 aromatic carbocycles. The minimum atomic E-state index is -0.709. The summed E-state index contributed by atoms with van der Waals surface area (Å²) in [6.07, 6.45) is 15.9. The number of aromatic nitrogens is 6. The van der Waals surface area contributed by atoms with Crippen molar-refractivity contribution in [2.75, 3.05) is 39.3 Å². The zero-order valence-electron chi connectivity index (χ0n) is 50.8. The molecule has 0 bridgehead atoms. The van der Waals surface area contributed by atoms with Gasteiger partial charge in [-0.25, -0.2) is 0 Å². The molecular weight excluding hydrogens is 1070 g/mol. The average molecular weight is 1160 g/mol. The van der Waals surface area contributed by atoms with Gasteiger partial charge in [0, 0.05) is 0 Å². The summed E-state index contributed by atoms with van der Waals surface area (Å²) in [6.45, 7) is 7.07. The van der Waals surface area contributed by atoms with Crippen molar-refractivity contribution in [3.8, 4) is 0 Å². The van der Waals surface area contributed by atoms with Gasteiger partial charge in [-0.1, -0.05) is 160 Å². The second-order valence-electron chi connectivity index (χ2n) is 23.5. The van der Waals surface area contributed by atoms with Crippen LogP contribution in [0.2, 0.25) is 0 Å². The predicted octanol–water partition coefficient (Wildman–Crippen LogP) is 6.85. The molecule has 19 heteroatoms. The SMILES string of the molecule is C[C@H](c1ccccc1)N(CC(N)=O)C(=O)CN(C(=O)CN(Cc1c[n+](CC2CCCCC2)nn1C)C(=O)CN(C(=O)CN(C(=O)CNCc1c[n+](CC2CCCCC2)nn1C)[C@H](C)c1ccccc1)[C@H](C)c1ccccc1)[C@H](C)c1ccccc1. The van der Waals surface area contributed by atoms with Gasteiger partial charge in [0.05, 0.1) is 60.8 Å². The molecule has 19 nitrogen and oxygen atoms in total. The molecule has 0 saturated heterocycles. The third-order valence-corrected chi connectivity index (χ3v) is 17.4. The van der Waals surface area contributed by atoms with E-state index in [9.17, 15) is 14.4 Å². The van der Waals surface area contributed by atoms with Crippen molar-refractivity contribution in [2.24, 2.45) is 31.7 Å². The molecule has 6 aromatic rings. The number of aryl methyl sites for hydroxylation is 2. The summed E-state index contributed by atoms with van der Waals surface area (Å²) in [6, 6.07) is 35.2. The molecule has 2 aliphatic rings. The molecule has 2 saturated carbocycles. The first-order valence-electron chi connectivity index (χ1n) is 30.5. The molecule has 0 unspecified atom stereocenters. The maximum Gasteiger partial charge on any atom is 0.243 e. The lowest BCUT2D eigenvalue weighted by Crippen LogP contribution is -2.52. The molecule has 2 heterocycles. The maximum absolute atomic E-state index is 15.6. The van der Waals surface area contributed by atoms with E-state index in [0.717, 1.165) is 60.2 Å². The molecule has 0 radical (unpaired) electrons. The van der Waals surface area contributed by atoms with Crippen molar-refractivity contribution < 1.29 is 38.1 Å². The van der Waals surface area contributed by atoms with Crippen molar-refractivity contribution in [1.82, 2.24) is 49.6 Å². The van der Waals surface area contributed by atoms with Crippen molar-refractivity contribution >= 4 is 35.4 Å². The first kappa shape index (κ1) is 63.0. The normalized spacial score (nSPS) is 15.3. The Morgan fingerprint density at radius 3 is 1.22 bits per heavy atom. The molecule has 3 N–H and O–H groups in total. The van der Waals surface area contributed by atoms with E-state index in [1.54, 1.807) is 9.58 Å². The van der Waals surface area contributed by atoms with E-state index in [0.29, 0.717) is 30.6 Å². The molecule has 2 aromatic heterocycles. The Hall–Kier alpha value is -8.06. The van der Waals surface area contributed by atoms with Crippen LogP contribution in [0.4, 0.5) is 0 Å². The van der Waals surface area contributed by atoms with E-state index in [1.165, 1.54) is 58.1 Å². The first-order chi connectivity index (χ1) is 41.0. The lowest BCUT2D eigenvalue weighted by molar-refractivity contribution is -0.761. The fourth-order valence-corrected chi connectivity index (χ4v) is 12.2. The van der Waals surface area contributed by atoms with Crippen LogP contribution in [0.25, 0.3) is 0 Å². The Morgan fingerprint density at radius 1 is 0.482 bits per heavy atom. The van der Waals surface area contributed by atoms with Gasteiger partial charge in [0.1, 0.15) is 53.4 Å². The fraction of sp³-hybridized carbons (Fsp3) is 0.485. The third-order valence-electron chi connectivity index (χ3n) is 17.4. The Bertz CT molecular complexity index is 3130. The number of benzene rings is 4. The van der Waals surface area contributed by atoms with E-state index < -0.39 is 73.3 Å². The summed E-state index contributed by atoms with van der Waals surface area (Å²) in [5, 5.41) is 12.9. The van der Waals surface area contributed by atoms with Gasteiger partial charge in [-0.15, -0.1) is 18.7 Å². The molecule has 2 aliphatic carbocycles. The highest BCUT2D eigenvalue weighted by Gasteiger charge is 2.36. The van der Waals surface area contributed by atoms with Gasteiger partial charge in [0.25, 0.3) is 0 Å². The molecular formula is C66H89N13O6+2. The van der Waals surface area contributed by atoms with Crippen molar-refractivity contribution in [1.29, 1.82) is 0 Å². The van der Waals surface area contributed by atoms with Crippen LogP contribution in [0.15, 0.2) is 134 Å². The van der Waals surface area contributed by atoms with E-state index in [4.69, 9.17) is 16.2 Å². The molecule has 85 heavy (non-hydrogen) atoms. The lowest BCUT2D eigenvalue weighted by atomic mass is 9.89. The van der Waals surface area contributed by atoms with Crippen molar-refractivity contribution in [3.63, 3.8) is 0 Å². The van der Waals surface area contributed by atoms with Gasteiger partial charge in [-0.05, 0) is 87.5 Å². The molecule has 6 amide bonds. The van der Waals surface area contributed by atoms with Gasteiger partial charge in [-0.3, -0.25) is 28.8 Å². The average Bonchev–Trinajstić information content (AvgIpc) is 4.20. The number of carbonyl (C=O) groups is 6. The Balaban J connectivity index is 1.09. The summed E-state index contributed by atoms with van der Waals surface area (Å²) in [4.78, 5) is 95.8. The van der Waals surface area contributed by atoms with E-state index in [2.05, 4.69) is 5.32 Å². The zero-order chi connectivity index (χ0) is 60.4. The monoisotopic (exact) mass is 1160 g/mol. The second kappa shape index (κ2) is 30.7. The molecule has 0 spiro atoms. The third kappa shape index (κ3) is 17.5. The fourth-order valence-electron chi connectivity index (χ4n) is 12.2. The van der Waals surface area contributed by atoms with Gasteiger partial charge < -0.3 is 35.6 Å². The topological polar surface area (TPSA) is 200 Å². The first-order valence-corrected chi connectivity index (χ1v) is 30.5. The summed E-state index contributed by atoms with van der Waals surface area (Å²) in [5.41, 5.74) is 10.5. The Kier molecular flexibility index (Phi) is 22.7. The van der Waals surface area contributed by atoms with Crippen LogP contribution in [0.3, 0.4) is 0 Å². The number of amides is 6. The van der Waals surface area contributed by atoms with Crippen LogP contribution in [-0.2, 0) is 69.0 Å². The maximum atomic E-state index is 15.6. The molecule has 8 rings (SSSR count). The van der Waals surface area contributed by atoms with Crippen LogP contribution in [-0.4, -0.2) is 119 Å². The van der Waals surface area contributed by atoms with Crippen LogP contribution < -0.4 is 20.4 Å². The summed E-state index contributed by atoms with van der Waals surface area (Å²) in [7, 11) is 3.72. The van der Waals surface area contributed by atoms with Crippen LogP contribution in [0.5, 0.6) is 0 Å².